The Balaban J connectivity index is 1.98. The minimum atomic E-state index is -0.558. The van der Waals surface area contributed by atoms with E-state index in [1.165, 1.54) is 4.57 Å². The lowest BCUT2D eigenvalue weighted by molar-refractivity contribution is 0.0504. The number of carbonyl (C=O) groups excluding carboxylic acids is 1. The largest absolute Gasteiger partial charge is 0.493 e. The van der Waals surface area contributed by atoms with Gasteiger partial charge in [0, 0.05) is 13.0 Å². The molecular formula is C11H17N3O4. The van der Waals surface area contributed by atoms with Gasteiger partial charge >= 0.3 is 11.8 Å². The van der Waals surface area contributed by atoms with Crippen LogP contribution in [0.4, 0.5) is 4.79 Å². The zero-order valence-corrected chi connectivity index (χ0v) is 10.6. The summed E-state index contributed by atoms with van der Waals surface area (Å²) in [6.07, 6.45) is -0.113. The predicted octanol–water partition coefficient (Wildman–Crippen LogP) is 0.331. The van der Waals surface area contributed by atoms with Crippen molar-refractivity contribution in [3.05, 3.63) is 16.2 Å². The first-order chi connectivity index (χ1) is 8.26. The van der Waals surface area contributed by atoms with Gasteiger partial charge in [0.1, 0.15) is 5.60 Å². The van der Waals surface area contributed by atoms with Crippen LogP contribution in [0.3, 0.4) is 0 Å². The summed E-state index contributed by atoms with van der Waals surface area (Å²) in [5, 5.41) is 12.1. The molecule has 0 radical (unpaired) electrons. The first kappa shape index (κ1) is 12.5. The summed E-state index contributed by atoms with van der Waals surface area (Å²) in [7, 11) is 0. The number of aromatic amines is 1. The molecule has 0 aromatic carbocycles. The van der Waals surface area contributed by atoms with Gasteiger partial charge < -0.3 is 15.2 Å². The summed E-state index contributed by atoms with van der Waals surface area (Å²) >= 11 is 0. The molecule has 7 nitrogen and oxygen atoms in total. The van der Waals surface area contributed by atoms with Gasteiger partial charge in [-0.1, -0.05) is 0 Å². The molecule has 1 aliphatic rings. The number of imidazole rings is 1. The van der Waals surface area contributed by atoms with Crippen LogP contribution in [0.5, 0.6) is 5.88 Å². The van der Waals surface area contributed by atoms with Gasteiger partial charge in [-0.3, -0.25) is 9.55 Å². The maximum absolute atomic E-state index is 11.6. The standard InChI is InChI=1S/C11H17N3O4/c1-11(2,3)18-10(17)12-6-4-7-8(15)13-9(16)14(7)5-6/h6,15H,4-5H2,1-3H3,(H,12,17)(H,13,16)/t6-/m0/s1. The number of alkyl carbamates (subject to hydrolysis) is 1. The molecular weight excluding hydrogens is 238 g/mol. The molecule has 0 fully saturated rings. The van der Waals surface area contributed by atoms with E-state index >= 15 is 0 Å². The van der Waals surface area contributed by atoms with Crippen LogP contribution in [0.1, 0.15) is 26.5 Å². The number of carbonyl (C=O) groups is 1. The van der Waals surface area contributed by atoms with Crippen molar-refractivity contribution in [2.24, 2.45) is 0 Å². The van der Waals surface area contributed by atoms with Gasteiger partial charge in [0.2, 0.25) is 5.88 Å². The molecule has 1 aliphatic heterocycles. The molecule has 2 rings (SSSR count). The highest BCUT2D eigenvalue weighted by Gasteiger charge is 2.29. The van der Waals surface area contributed by atoms with Gasteiger partial charge in [-0.2, -0.15) is 0 Å². The molecule has 0 saturated heterocycles. The second-order valence-corrected chi connectivity index (χ2v) is 5.38. The number of nitrogens with one attached hydrogen (secondary N) is 2. The molecule has 1 atom stereocenters. The summed E-state index contributed by atoms with van der Waals surface area (Å²) in [4.78, 5) is 25.3. The third-order valence-corrected chi connectivity index (χ3v) is 2.63. The van der Waals surface area contributed by atoms with Gasteiger partial charge in [-0.15, -0.1) is 0 Å². The fraction of sp³-hybridized carbons (Fsp3) is 0.636. The van der Waals surface area contributed by atoms with Crippen molar-refractivity contribution in [3.8, 4) is 5.88 Å². The number of ether oxygens (including phenoxy) is 1. The molecule has 7 heteroatoms. The maximum atomic E-state index is 11.6. The van der Waals surface area contributed by atoms with E-state index < -0.39 is 11.7 Å². The number of amides is 1. The molecule has 1 amide bonds. The van der Waals surface area contributed by atoms with Crippen molar-refractivity contribution in [1.29, 1.82) is 0 Å². The average Bonchev–Trinajstić information content (AvgIpc) is 2.67. The molecule has 2 heterocycles. The van der Waals surface area contributed by atoms with E-state index in [4.69, 9.17) is 4.74 Å². The lowest BCUT2D eigenvalue weighted by Crippen LogP contribution is -2.40. The molecule has 0 aliphatic carbocycles. The van der Waals surface area contributed by atoms with E-state index in [-0.39, 0.29) is 17.6 Å². The van der Waals surface area contributed by atoms with Crippen molar-refractivity contribution >= 4 is 6.09 Å². The van der Waals surface area contributed by atoms with Gasteiger partial charge in [0.25, 0.3) is 0 Å². The number of rotatable bonds is 1. The summed E-state index contributed by atoms with van der Waals surface area (Å²) < 4.78 is 6.54. The normalized spacial score (nSPS) is 18.5. The highest BCUT2D eigenvalue weighted by Crippen LogP contribution is 2.20. The number of aromatic hydroxyl groups is 1. The van der Waals surface area contributed by atoms with Crippen LogP contribution >= 0.6 is 0 Å². The van der Waals surface area contributed by atoms with Crippen LogP contribution < -0.4 is 11.0 Å². The Morgan fingerprint density at radius 2 is 2.22 bits per heavy atom. The number of aromatic nitrogens is 2. The zero-order chi connectivity index (χ0) is 13.5. The molecule has 0 saturated carbocycles. The van der Waals surface area contributed by atoms with Gasteiger partial charge in [0.05, 0.1) is 11.7 Å². The Hall–Kier alpha value is -1.92. The Labute approximate surface area is 104 Å². The predicted molar refractivity (Wildman–Crippen MR) is 63.6 cm³/mol. The fourth-order valence-corrected chi connectivity index (χ4v) is 1.98. The first-order valence-corrected chi connectivity index (χ1v) is 5.76. The zero-order valence-electron chi connectivity index (χ0n) is 10.6. The van der Waals surface area contributed by atoms with Crippen molar-refractivity contribution in [2.45, 2.75) is 45.4 Å². The number of nitrogens with zero attached hydrogens (tertiary/aromatic N) is 1. The van der Waals surface area contributed by atoms with E-state index in [2.05, 4.69) is 10.3 Å². The third kappa shape index (κ3) is 2.49. The quantitative estimate of drug-likeness (QED) is 0.673. The molecule has 100 valence electrons. The van der Waals surface area contributed by atoms with Gasteiger partial charge in [-0.25, -0.2) is 9.59 Å². The van der Waals surface area contributed by atoms with E-state index in [1.807, 2.05) is 0 Å². The topological polar surface area (TPSA) is 96.3 Å². The van der Waals surface area contributed by atoms with Crippen LogP contribution in [0.2, 0.25) is 0 Å². The summed E-state index contributed by atoms with van der Waals surface area (Å²) in [5.41, 5.74) is -0.408. The highest BCUT2D eigenvalue weighted by atomic mass is 16.6. The van der Waals surface area contributed by atoms with Crippen LogP contribution in [0.15, 0.2) is 4.79 Å². The molecule has 0 bridgehead atoms. The molecule has 3 N–H and O–H groups in total. The Morgan fingerprint density at radius 1 is 1.56 bits per heavy atom. The first-order valence-electron chi connectivity index (χ1n) is 5.76. The smallest absolute Gasteiger partial charge is 0.407 e. The van der Waals surface area contributed by atoms with Crippen LogP contribution in [-0.4, -0.2) is 32.4 Å². The van der Waals surface area contributed by atoms with E-state index in [0.717, 1.165) is 0 Å². The Bertz CT molecular complexity index is 523. The fourth-order valence-electron chi connectivity index (χ4n) is 1.98. The highest BCUT2D eigenvalue weighted by molar-refractivity contribution is 5.68. The average molecular weight is 255 g/mol. The van der Waals surface area contributed by atoms with E-state index in [1.54, 1.807) is 20.8 Å². The molecule has 1 aromatic rings. The molecule has 1 aromatic heterocycles. The lowest BCUT2D eigenvalue weighted by atomic mass is 10.2. The monoisotopic (exact) mass is 255 g/mol. The van der Waals surface area contributed by atoms with Crippen LogP contribution in [-0.2, 0) is 17.7 Å². The number of H-pyrrole nitrogens is 1. The molecule has 18 heavy (non-hydrogen) atoms. The Kier molecular flexibility index (Phi) is 2.84. The number of hydrogen-bond acceptors (Lipinski definition) is 4. The van der Waals surface area contributed by atoms with Gasteiger partial charge in [-0.05, 0) is 20.8 Å². The molecule has 0 spiro atoms. The summed E-state index contributed by atoms with van der Waals surface area (Å²) in [5.74, 6) is -0.131. The van der Waals surface area contributed by atoms with Crippen LogP contribution in [0, 0.1) is 0 Å². The minimum absolute atomic E-state index is 0.131. The number of hydrogen-bond donors (Lipinski definition) is 3. The maximum Gasteiger partial charge on any atom is 0.407 e. The van der Waals surface area contributed by atoms with Crippen LogP contribution in [0.25, 0.3) is 0 Å². The minimum Gasteiger partial charge on any atom is -0.493 e. The Morgan fingerprint density at radius 3 is 2.78 bits per heavy atom. The van der Waals surface area contributed by atoms with Gasteiger partial charge in [0.15, 0.2) is 0 Å². The third-order valence-electron chi connectivity index (χ3n) is 2.63. The molecule has 0 unspecified atom stereocenters. The van der Waals surface area contributed by atoms with Crippen molar-refractivity contribution in [2.75, 3.05) is 0 Å². The van der Waals surface area contributed by atoms with E-state index in [9.17, 15) is 14.7 Å². The number of fused-ring (bicyclic) bond motifs is 1. The lowest BCUT2D eigenvalue weighted by Gasteiger charge is -2.21. The van der Waals surface area contributed by atoms with Crippen molar-refractivity contribution < 1.29 is 14.6 Å². The summed E-state index contributed by atoms with van der Waals surface area (Å²) in [6.45, 7) is 5.67. The van der Waals surface area contributed by atoms with E-state index in [0.29, 0.717) is 18.7 Å². The SMILES string of the molecule is CC(C)(C)OC(=O)N[C@H]1Cc2c(O)[nH]c(=O)n2C1. The summed E-state index contributed by atoms with van der Waals surface area (Å²) in [6, 6.07) is -0.233. The van der Waals surface area contributed by atoms with Crippen molar-refractivity contribution in [3.63, 3.8) is 0 Å². The second kappa shape index (κ2) is 4.08. The van der Waals surface area contributed by atoms with Crippen molar-refractivity contribution in [1.82, 2.24) is 14.9 Å². The second-order valence-electron chi connectivity index (χ2n) is 5.38.